The molecule has 3 N–H and O–H groups in total. The number of carboxylic acid groups (broad SMARTS) is 1. The smallest absolute Gasteiger partial charge is 0.308 e. The zero-order chi connectivity index (χ0) is 10.5. The second-order valence-electron chi connectivity index (χ2n) is 4.20. The van der Waals surface area contributed by atoms with Gasteiger partial charge in [-0.1, -0.05) is 0 Å². The van der Waals surface area contributed by atoms with Gasteiger partial charge in [-0.3, -0.25) is 4.79 Å². The first-order chi connectivity index (χ1) is 5.84. The summed E-state index contributed by atoms with van der Waals surface area (Å²) in [5.74, 6) is -0.757. The van der Waals surface area contributed by atoms with Gasteiger partial charge >= 0.3 is 5.97 Å². The number of aliphatic hydroxyl groups is 1. The molecule has 0 aromatic rings. The Balaban J connectivity index is 0.000000223. The Bertz CT molecular complexity index is 157. The summed E-state index contributed by atoms with van der Waals surface area (Å²) in [6, 6.07) is 0. The number of β-amino-alcohol motifs (C(OH)–C–C–N with tert-alkyl or cyclic N) is 1. The van der Waals surface area contributed by atoms with Crippen LogP contribution in [0.15, 0.2) is 0 Å². The predicted octanol–water partition coefficient (Wildman–Crippen LogP) is 0.458. The van der Waals surface area contributed by atoms with Crippen LogP contribution in [0.25, 0.3) is 0 Å². The molecule has 1 heterocycles. The van der Waals surface area contributed by atoms with E-state index >= 15 is 0 Å². The highest BCUT2D eigenvalue weighted by Gasteiger charge is 2.18. The highest BCUT2D eigenvalue weighted by Crippen LogP contribution is 2.11. The van der Waals surface area contributed by atoms with Crippen molar-refractivity contribution in [3.8, 4) is 0 Å². The molecular weight excluding hydrogens is 170 g/mol. The average Bonchev–Trinajstić information content (AvgIpc) is 2.38. The largest absolute Gasteiger partial charge is 0.481 e. The van der Waals surface area contributed by atoms with E-state index in [1.165, 1.54) is 0 Å². The van der Waals surface area contributed by atoms with E-state index < -0.39 is 11.4 Å². The van der Waals surface area contributed by atoms with Gasteiger partial charge < -0.3 is 15.5 Å². The number of carboxylic acids is 1. The van der Waals surface area contributed by atoms with E-state index in [0.29, 0.717) is 0 Å². The summed E-state index contributed by atoms with van der Waals surface area (Å²) in [7, 11) is 0. The Morgan fingerprint density at radius 1 is 1.46 bits per heavy atom. The summed E-state index contributed by atoms with van der Waals surface area (Å²) in [5, 5.41) is 19.9. The van der Waals surface area contributed by atoms with E-state index in [1.54, 1.807) is 20.8 Å². The molecule has 13 heavy (non-hydrogen) atoms. The number of hydrogen-bond donors (Lipinski definition) is 3. The van der Waals surface area contributed by atoms with Crippen molar-refractivity contribution in [3.05, 3.63) is 0 Å². The minimum Gasteiger partial charge on any atom is -0.481 e. The molecule has 1 aliphatic rings. The molecule has 0 aliphatic carbocycles. The van der Waals surface area contributed by atoms with Crippen molar-refractivity contribution < 1.29 is 15.0 Å². The van der Waals surface area contributed by atoms with Crippen LogP contribution in [0.3, 0.4) is 0 Å². The molecule has 78 valence electrons. The third-order valence-corrected chi connectivity index (χ3v) is 1.68. The van der Waals surface area contributed by atoms with Gasteiger partial charge in [-0.05, 0) is 33.7 Å². The minimum absolute atomic E-state index is 0.0648. The maximum atomic E-state index is 10.0. The molecule has 0 aromatic carbocycles. The number of aliphatic hydroxyl groups excluding tert-OH is 1. The number of hydrogen-bond acceptors (Lipinski definition) is 3. The highest BCUT2D eigenvalue weighted by molar-refractivity contribution is 5.72. The topological polar surface area (TPSA) is 69.6 Å². The van der Waals surface area contributed by atoms with Crippen LogP contribution in [0.4, 0.5) is 0 Å². The lowest BCUT2D eigenvalue weighted by Crippen LogP contribution is -2.18. The van der Waals surface area contributed by atoms with Crippen molar-refractivity contribution in [2.45, 2.75) is 33.3 Å². The van der Waals surface area contributed by atoms with E-state index in [4.69, 9.17) is 10.2 Å². The normalized spacial score (nSPS) is 22.0. The molecule has 1 fully saturated rings. The third-order valence-electron chi connectivity index (χ3n) is 1.68. The van der Waals surface area contributed by atoms with Crippen LogP contribution in [0, 0.1) is 5.41 Å². The zero-order valence-corrected chi connectivity index (χ0v) is 8.50. The van der Waals surface area contributed by atoms with Gasteiger partial charge in [-0.25, -0.2) is 0 Å². The van der Waals surface area contributed by atoms with Crippen LogP contribution >= 0.6 is 0 Å². The molecular formula is C9H19NO3. The number of carbonyl (C=O) groups is 1. The Morgan fingerprint density at radius 3 is 2.00 bits per heavy atom. The lowest BCUT2D eigenvalue weighted by atomic mass is 9.98. The Labute approximate surface area is 79.0 Å². The van der Waals surface area contributed by atoms with Crippen LogP contribution < -0.4 is 5.32 Å². The maximum Gasteiger partial charge on any atom is 0.308 e. The monoisotopic (exact) mass is 189 g/mol. The van der Waals surface area contributed by atoms with Gasteiger partial charge in [0.15, 0.2) is 0 Å². The molecule has 1 unspecified atom stereocenters. The second-order valence-corrected chi connectivity index (χ2v) is 4.20. The summed E-state index contributed by atoms with van der Waals surface area (Å²) < 4.78 is 0. The first kappa shape index (κ1) is 12.4. The molecule has 0 amide bonds. The van der Waals surface area contributed by atoms with Gasteiger partial charge in [0.25, 0.3) is 0 Å². The lowest BCUT2D eigenvalue weighted by Gasteiger charge is -2.08. The van der Waals surface area contributed by atoms with E-state index in [2.05, 4.69) is 5.32 Å². The fraction of sp³-hybridized carbons (Fsp3) is 0.889. The molecule has 1 saturated heterocycles. The molecule has 1 atom stereocenters. The molecule has 0 radical (unpaired) electrons. The van der Waals surface area contributed by atoms with Gasteiger partial charge in [-0.15, -0.1) is 0 Å². The van der Waals surface area contributed by atoms with Crippen LogP contribution in [-0.2, 0) is 4.79 Å². The van der Waals surface area contributed by atoms with Crippen LogP contribution in [-0.4, -0.2) is 35.4 Å². The van der Waals surface area contributed by atoms with E-state index in [-0.39, 0.29) is 6.10 Å². The number of aliphatic carboxylic acids is 1. The van der Waals surface area contributed by atoms with Crippen molar-refractivity contribution in [2.75, 3.05) is 13.1 Å². The van der Waals surface area contributed by atoms with E-state index in [9.17, 15) is 4.79 Å². The number of rotatable bonds is 0. The summed E-state index contributed by atoms with van der Waals surface area (Å²) >= 11 is 0. The molecule has 0 bridgehead atoms. The van der Waals surface area contributed by atoms with E-state index in [1.807, 2.05) is 0 Å². The molecule has 0 saturated carbocycles. The van der Waals surface area contributed by atoms with Gasteiger partial charge in [0, 0.05) is 6.54 Å². The first-order valence-corrected chi connectivity index (χ1v) is 4.46. The third kappa shape index (κ3) is 6.54. The zero-order valence-electron chi connectivity index (χ0n) is 8.50. The fourth-order valence-electron chi connectivity index (χ4n) is 0.639. The van der Waals surface area contributed by atoms with Crippen molar-refractivity contribution >= 4 is 5.97 Å². The van der Waals surface area contributed by atoms with Crippen molar-refractivity contribution in [1.82, 2.24) is 5.32 Å². The SMILES string of the molecule is CC(C)(C)C(=O)O.OC1CCNC1. The molecule has 1 rings (SSSR count). The van der Waals surface area contributed by atoms with Crippen LogP contribution in [0.2, 0.25) is 0 Å². The summed E-state index contributed by atoms with van der Waals surface area (Å²) in [6.45, 7) is 6.77. The highest BCUT2D eigenvalue weighted by atomic mass is 16.4. The van der Waals surface area contributed by atoms with Crippen LogP contribution in [0.5, 0.6) is 0 Å². The standard InChI is InChI=1S/C5H10O2.C4H9NO/c1-5(2,3)4(6)7;6-4-1-2-5-3-4/h1-3H3,(H,6,7);4-6H,1-3H2. The Morgan fingerprint density at radius 2 is 1.92 bits per heavy atom. The van der Waals surface area contributed by atoms with Gasteiger partial charge in [0.1, 0.15) is 0 Å². The fourth-order valence-corrected chi connectivity index (χ4v) is 0.639. The Kier molecular flexibility index (Phi) is 4.95. The Hall–Kier alpha value is -0.610. The summed E-state index contributed by atoms with van der Waals surface area (Å²) in [6.07, 6.45) is 0.866. The van der Waals surface area contributed by atoms with Gasteiger partial charge in [-0.2, -0.15) is 0 Å². The maximum absolute atomic E-state index is 10.0. The molecule has 1 aliphatic heterocycles. The van der Waals surface area contributed by atoms with Crippen LogP contribution in [0.1, 0.15) is 27.2 Å². The number of nitrogens with one attached hydrogen (secondary N) is 1. The first-order valence-electron chi connectivity index (χ1n) is 4.46. The minimum atomic E-state index is -0.757. The summed E-state index contributed by atoms with van der Waals surface area (Å²) in [5.41, 5.74) is -0.583. The molecule has 0 aromatic heterocycles. The quantitative estimate of drug-likeness (QED) is 0.517. The van der Waals surface area contributed by atoms with Gasteiger partial charge in [0.05, 0.1) is 11.5 Å². The van der Waals surface area contributed by atoms with E-state index in [0.717, 1.165) is 19.5 Å². The van der Waals surface area contributed by atoms with Crippen molar-refractivity contribution in [3.63, 3.8) is 0 Å². The molecule has 4 heteroatoms. The summed E-state index contributed by atoms with van der Waals surface area (Å²) in [4.78, 5) is 10.0. The van der Waals surface area contributed by atoms with Gasteiger partial charge in [0.2, 0.25) is 0 Å². The van der Waals surface area contributed by atoms with Crippen molar-refractivity contribution in [2.24, 2.45) is 5.41 Å². The lowest BCUT2D eigenvalue weighted by molar-refractivity contribution is -0.145. The second kappa shape index (κ2) is 5.19. The van der Waals surface area contributed by atoms with Crippen molar-refractivity contribution in [1.29, 1.82) is 0 Å². The molecule has 0 spiro atoms. The predicted molar refractivity (Wildman–Crippen MR) is 50.6 cm³/mol. The average molecular weight is 189 g/mol. The molecule has 4 nitrogen and oxygen atoms in total.